The summed E-state index contributed by atoms with van der Waals surface area (Å²) < 4.78 is 5.72. The molecule has 1 aromatic heterocycles. The summed E-state index contributed by atoms with van der Waals surface area (Å²) in [5.41, 5.74) is 4.51. The zero-order valence-corrected chi connectivity index (χ0v) is 11.0. The number of hydrogen-bond acceptors (Lipinski definition) is 4. The molecule has 0 aliphatic carbocycles. The number of nitrogens with zero attached hydrogens (tertiary/aromatic N) is 1. The van der Waals surface area contributed by atoms with Gasteiger partial charge in [-0.25, -0.2) is 15.2 Å². The van der Waals surface area contributed by atoms with Gasteiger partial charge in [-0.05, 0) is 48.8 Å². The molecule has 0 bridgehead atoms. The summed E-state index contributed by atoms with van der Waals surface area (Å²) in [5.74, 6) is 0.528. The summed E-state index contributed by atoms with van der Waals surface area (Å²) in [7, 11) is 0. The van der Waals surface area contributed by atoms with E-state index in [4.69, 9.17) is 4.74 Å². The van der Waals surface area contributed by atoms with Crippen LogP contribution in [0.4, 0.5) is 10.6 Å². The van der Waals surface area contributed by atoms with Crippen molar-refractivity contribution in [2.24, 2.45) is 0 Å². The molecule has 16 heavy (non-hydrogen) atoms. The first-order valence-corrected chi connectivity index (χ1v) is 5.54. The van der Waals surface area contributed by atoms with Gasteiger partial charge in [0.15, 0.2) is 0 Å². The van der Waals surface area contributed by atoms with Crippen LogP contribution < -0.4 is 10.9 Å². The second kappa shape index (κ2) is 5.16. The molecule has 88 valence electrons. The first-order valence-electron chi connectivity index (χ1n) is 4.74. The number of ether oxygens (including phenoxy) is 1. The monoisotopic (exact) mass is 287 g/mol. The van der Waals surface area contributed by atoms with E-state index in [0.29, 0.717) is 10.4 Å². The maximum Gasteiger partial charge on any atom is 0.426 e. The third-order valence-corrected chi connectivity index (χ3v) is 1.85. The normalized spacial score (nSPS) is 10.8. The van der Waals surface area contributed by atoms with Crippen LogP contribution in [-0.2, 0) is 4.74 Å². The summed E-state index contributed by atoms with van der Waals surface area (Å²) in [6, 6.07) is 5.32. The van der Waals surface area contributed by atoms with E-state index in [-0.39, 0.29) is 0 Å². The fourth-order valence-electron chi connectivity index (χ4n) is 0.897. The molecule has 0 saturated carbocycles. The van der Waals surface area contributed by atoms with Gasteiger partial charge in [0.1, 0.15) is 16.0 Å². The second-order valence-electron chi connectivity index (χ2n) is 4.10. The molecule has 0 fully saturated rings. The van der Waals surface area contributed by atoms with Gasteiger partial charge in [-0.3, -0.25) is 5.43 Å². The number of hydrazine groups is 1. The van der Waals surface area contributed by atoms with Gasteiger partial charge in [-0.2, -0.15) is 0 Å². The largest absolute Gasteiger partial charge is 0.443 e. The lowest BCUT2D eigenvalue weighted by Crippen LogP contribution is -2.36. The maximum absolute atomic E-state index is 11.3. The van der Waals surface area contributed by atoms with E-state index >= 15 is 0 Å². The van der Waals surface area contributed by atoms with E-state index in [1.165, 1.54) is 0 Å². The molecule has 0 unspecified atom stereocenters. The maximum atomic E-state index is 11.3. The highest BCUT2D eigenvalue weighted by Crippen LogP contribution is 2.09. The van der Waals surface area contributed by atoms with Crippen LogP contribution in [0.25, 0.3) is 0 Å². The van der Waals surface area contributed by atoms with Crippen molar-refractivity contribution in [2.45, 2.75) is 26.4 Å². The van der Waals surface area contributed by atoms with Gasteiger partial charge in [0, 0.05) is 0 Å². The van der Waals surface area contributed by atoms with Gasteiger partial charge in [-0.1, -0.05) is 6.07 Å². The SMILES string of the molecule is CC(C)(C)OC(=O)NNc1cccc(Br)n1. The van der Waals surface area contributed by atoms with Gasteiger partial charge in [0.2, 0.25) is 0 Å². The van der Waals surface area contributed by atoms with Gasteiger partial charge < -0.3 is 4.74 Å². The number of hydrogen-bond donors (Lipinski definition) is 2. The van der Waals surface area contributed by atoms with Gasteiger partial charge in [0.25, 0.3) is 0 Å². The van der Waals surface area contributed by atoms with Crippen molar-refractivity contribution in [3.8, 4) is 0 Å². The number of carbonyl (C=O) groups excluding carboxylic acids is 1. The van der Waals surface area contributed by atoms with Crippen molar-refractivity contribution in [1.29, 1.82) is 0 Å². The minimum Gasteiger partial charge on any atom is -0.443 e. The van der Waals surface area contributed by atoms with Crippen LogP contribution >= 0.6 is 15.9 Å². The molecule has 0 aliphatic heterocycles. The van der Waals surface area contributed by atoms with Crippen LogP contribution in [-0.4, -0.2) is 16.7 Å². The average molecular weight is 288 g/mol. The zero-order valence-electron chi connectivity index (χ0n) is 9.37. The minimum atomic E-state index is -0.547. The predicted octanol–water partition coefficient (Wildman–Crippen LogP) is 2.70. The number of nitrogens with one attached hydrogen (secondary N) is 2. The summed E-state index contributed by atoms with van der Waals surface area (Å²) in [6.45, 7) is 5.39. The molecule has 0 atom stereocenters. The summed E-state index contributed by atoms with van der Waals surface area (Å²) in [5, 5.41) is 0. The van der Waals surface area contributed by atoms with Crippen molar-refractivity contribution in [1.82, 2.24) is 10.4 Å². The van der Waals surface area contributed by atoms with Crippen LogP contribution in [0.2, 0.25) is 0 Å². The number of pyridine rings is 1. The second-order valence-corrected chi connectivity index (χ2v) is 4.91. The lowest BCUT2D eigenvalue weighted by Gasteiger charge is -2.19. The summed E-state index contributed by atoms with van der Waals surface area (Å²) in [4.78, 5) is 15.4. The highest BCUT2D eigenvalue weighted by Gasteiger charge is 2.15. The number of aromatic nitrogens is 1. The van der Waals surface area contributed by atoms with Crippen LogP contribution in [0.1, 0.15) is 20.8 Å². The van der Waals surface area contributed by atoms with E-state index in [9.17, 15) is 4.79 Å². The average Bonchev–Trinajstić information content (AvgIpc) is 2.12. The third kappa shape index (κ3) is 4.97. The molecular formula is C10H14BrN3O2. The molecule has 0 radical (unpaired) electrons. The first-order chi connectivity index (χ1) is 7.37. The third-order valence-electron chi connectivity index (χ3n) is 1.41. The zero-order chi connectivity index (χ0) is 12.2. The fraction of sp³-hybridized carbons (Fsp3) is 0.400. The Morgan fingerprint density at radius 2 is 2.12 bits per heavy atom. The van der Waals surface area contributed by atoms with E-state index in [1.54, 1.807) is 39.0 Å². The van der Waals surface area contributed by atoms with Gasteiger partial charge >= 0.3 is 6.09 Å². The van der Waals surface area contributed by atoms with E-state index < -0.39 is 11.7 Å². The molecule has 0 aromatic carbocycles. The first kappa shape index (κ1) is 12.8. The van der Waals surface area contributed by atoms with E-state index in [0.717, 1.165) is 0 Å². The Morgan fingerprint density at radius 3 is 2.69 bits per heavy atom. The lowest BCUT2D eigenvalue weighted by atomic mass is 10.2. The van der Waals surface area contributed by atoms with Crippen molar-refractivity contribution >= 4 is 27.8 Å². The molecule has 2 N–H and O–H groups in total. The molecule has 1 aromatic rings. The molecule has 0 saturated heterocycles. The van der Waals surface area contributed by atoms with Crippen molar-refractivity contribution in [3.05, 3.63) is 22.8 Å². The topological polar surface area (TPSA) is 63.2 Å². The quantitative estimate of drug-likeness (QED) is 0.648. The van der Waals surface area contributed by atoms with Crippen LogP contribution in [0, 0.1) is 0 Å². The Bertz CT molecular complexity index is 377. The van der Waals surface area contributed by atoms with E-state index in [2.05, 4.69) is 31.8 Å². The lowest BCUT2D eigenvalue weighted by molar-refractivity contribution is 0.0541. The Labute approximate surface area is 103 Å². The molecule has 0 aliphatic rings. The number of amides is 1. The number of anilines is 1. The Morgan fingerprint density at radius 1 is 1.44 bits per heavy atom. The molecule has 1 amide bonds. The van der Waals surface area contributed by atoms with Crippen LogP contribution in [0.15, 0.2) is 22.8 Å². The Kier molecular flexibility index (Phi) is 4.12. The minimum absolute atomic E-state index is 0.517. The molecule has 1 heterocycles. The van der Waals surface area contributed by atoms with Crippen molar-refractivity contribution < 1.29 is 9.53 Å². The molecule has 0 spiro atoms. The Hall–Kier alpha value is -1.30. The number of rotatable bonds is 2. The molecule has 1 rings (SSSR count). The van der Waals surface area contributed by atoms with Crippen LogP contribution in [0.3, 0.4) is 0 Å². The molecular weight excluding hydrogens is 274 g/mol. The standard InChI is InChI=1S/C10H14BrN3O2/c1-10(2,3)16-9(15)14-13-8-6-4-5-7(11)12-8/h4-6H,1-3H3,(H,12,13)(H,14,15). The highest BCUT2D eigenvalue weighted by atomic mass is 79.9. The summed E-state index contributed by atoms with van der Waals surface area (Å²) in [6.07, 6.45) is -0.547. The van der Waals surface area contributed by atoms with Gasteiger partial charge in [0.05, 0.1) is 0 Å². The predicted molar refractivity (Wildman–Crippen MR) is 64.9 cm³/mol. The molecule has 6 heteroatoms. The van der Waals surface area contributed by atoms with Crippen LogP contribution in [0.5, 0.6) is 0 Å². The number of halogens is 1. The Balaban J connectivity index is 2.43. The smallest absolute Gasteiger partial charge is 0.426 e. The van der Waals surface area contributed by atoms with Crippen molar-refractivity contribution in [3.63, 3.8) is 0 Å². The number of carbonyl (C=O) groups is 1. The summed E-state index contributed by atoms with van der Waals surface area (Å²) >= 11 is 3.22. The van der Waals surface area contributed by atoms with Crippen molar-refractivity contribution in [2.75, 3.05) is 5.43 Å². The van der Waals surface area contributed by atoms with E-state index in [1.807, 2.05) is 0 Å². The highest BCUT2D eigenvalue weighted by molar-refractivity contribution is 9.10. The fourth-order valence-corrected chi connectivity index (χ4v) is 1.24. The van der Waals surface area contributed by atoms with Gasteiger partial charge in [-0.15, -0.1) is 0 Å². The molecule has 5 nitrogen and oxygen atoms in total.